The number of amides is 1. The zero-order valence-corrected chi connectivity index (χ0v) is 14.0. The first-order valence-electron chi connectivity index (χ1n) is 8.09. The van der Waals surface area contributed by atoms with Crippen LogP contribution in [0.4, 0.5) is 0 Å². The zero-order valence-electron chi connectivity index (χ0n) is 12.5. The standard InChI is InChI=1S/C16H25Cl2NO/c1-3-11-4-6-12(7-5-11)19(13-8-9-13)14(20)15(2)10-16(15,17)18/h11-13H,3-10H2,1-2H3. The summed E-state index contributed by atoms with van der Waals surface area (Å²) in [6, 6.07) is 0.895. The van der Waals surface area contributed by atoms with Crippen molar-refractivity contribution in [3.05, 3.63) is 0 Å². The van der Waals surface area contributed by atoms with E-state index in [4.69, 9.17) is 23.2 Å². The first-order chi connectivity index (χ1) is 9.39. The van der Waals surface area contributed by atoms with Crippen LogP contribution < -0.4 is 0 Å². The van der Waals surface area contributed by atoms with Crippen LogP contribution in [-0.4, -0.2) is 27.2 Å². The van der Waals surface area contributed by atoms with Crippen molar-refractivity contribution in [3.63, 3.8) is 0 Å². The molecule has 2 nitrogen and oxygen atoms in total. The molecule has 0 saturated heterocycles. The maximum absolute atomic E-state index is 12.9. The van der Waals surface area contributed by atoms with Crippen LogP contribution in [0, 0.1) is 11.3 Å². The van der Waals surface area contributed by atoms with Gasteiger partial charge >= 0.3 is 0 Å². The molecule has 0 aromatic rings. The molecule has 0 N–H and O–H groups in total. The number of nitrogens with zero attached hydrogens (tertiary/aromatic N) is 1. The van der Waals surface area contributed by atoms with Gasteiger partial charge in [-0.15, -0.1) is 23.2 Å². The number of hydrogen-bond acceptors (Lipinski definition) is 1. The molecule has 0 spiro atoms. The average Bonchev–Trinajstić information content (AvgIpc) is 3.30. The fourth-order valence-corrected chi connectivity index (χ4v) is 4.43. The van der Waals surface area contributed by atoms with E-state index in [1.165, 1.54) is 19.3 Å². The van der Waals surface area contributed by atoms with Crippen molar-refractivity contribution in [1.29, 1.82) is 0 Å². The Morgan fingerprint density at radius 1 is 1.10 bits per heavy atom. The van der Waals surface area contributed by atoms with E-state index in [1.807, 2.05) is 6.92 Å². The molecule has 3 aliphatic carbocycles. The van der Waals surface area contributed by atoms with Crippen molar-refractivity contribution in [2.24, 2.45) is 11.3 Å². The summed E-state index contributed by atoms with van der Waals surface area (Å²) in [7, 11) is 0. The van der Waals surface area contributed by atoms with E-state index < -0.39 is 9.75 Å². The minimum Gasteiger partial charge on any atom is -0.336 e. The fourth-order valence-electron chi connectivity index (χ4n) is 3.73. The minimum absolute atomic E-state index is 0.213. The van der Waals surface area contributed by atoms with Gasteiger partial charge in [0.15, 0.2) is 0 Å². The van der Waals surface area contributed by atoms with Gasteiger partial charge in [-0.3, -0.25) is 4.79 Å². The number of halogens is 2. The molecule has 0 bridgehead atoms. The summed E-state index contributed by atoms with van der Waals surface area (Å²) >= 11 is 12.4. The van der Waals surface area contributed by atoms with Gasteiger partial charge in [-0.05, 0) is 57.8 Å². The Balaban J connectivity index is 1.69. The van der Waals surface area contributed by atoms with Crippen molar-refractivity contribution in [3.8, 4) is 0 Å². The quantitative estimate of drug-likeness (QED) is 0.697. The van der Waals surface area contributed by atoms with Gasteiger partial charge in [0, 0.05) is 12.1 Å². The highest BCUT2D eigenvalue weighted by Gasteiger charge is 2.69. The fraction of sp³-hybridized carbons (Fsp3) is 0.938. The molecule has 1 unspecified atom stereocenters. The summed E-state index contributed by atoms with van der Waals surface area (Å²) in [5.41, 5.74) is -0.541. The van der Waals surface area contributed by atoms with Crippen LogP contribution in [0.15, 0.2) is 0 Å². The van der Waals surface area contributed by atoms with Crippen molar-refractivity contribution < 1.29 is 4.79 Å². The summed E-state index contributed by atoms with van der Waals surface area (Å²) < 4.78 is -0.835. The van der Waals surface area contributed by atoms with Gasteiger partial charge in [-0.25, -0.2) is 0 Å². The van der Waals surface area contributed by atoms with Crippen molar-refractivity contribution in [1.82, 2.24) is 4.90 Å². The molecule has 0 heterocycles. The highest BCUT2D eigenvalue weighted by atomic mass is 35.5. The molecule has 3 fully saturated rings. The molecular formula is C16H25Cl2NO. The lowest BCUT2D eigenvalue weighted by molar-refractivity contribution is -0.140. The van der Waals surface area contributed by atoms with Gasteiger partial charge in [-0.2, -0.15) is 0 Å². The molecule has 4 heteroatoms. The van der Waals surface area contributed by atoms with E-state index in [1.54, 1.807) is 0 Å². The monoisotopic (exact) mass is 317 g/mol. The number of carbonyl (C=O) groups is 1. The molecule has 0 aromatic carbocycles. The minimum atomic E-state index is -0.835. The second-order valence-electron chi connectivity index (χ2n) is 7.24. The second kappa shape index (κ2) is 5.05. The average molecular weight is 318 g/mol. The van der Waals surface area contributed by atoms with Crippen LogP contribution in [0.2, 0.25) is 0 Å². The largest absolute Gasteiger partial charge is 0.336 e. The van der Waals surface area contributed by atoms with E-state index in [0.29, 0.717) is 18.5 Å². The lowest BCUT2D eigenvalue weighted by Crippen LogP contribution is -2.47. The highest BCUT2D eigenvalue weighted by molar-refractivity contribution is 6.53. The van der Waals surface area contributed by atoms with E-state index >= 15 is 0 Å². The lowest BCUT2D eigenvalue weighted by atomic mass is 9.83. The van der Waals surface area contributed by atoms with Gasteiger partial charge in [0.1, 0.15) is 4.33 Å². The smallest absolute Gasteiger partial charge is 0.232 e. The van der Waals surface area contributed by atoms with Crippen molar-refractivity contribution in [2.45, 2.75) is 81.6 Å². The van der Waals surface area contributed by atoms with Crippen LogP contribution in [0.3, 0.4) is 0 Å². The molecule has 0 aliphatic heterocycles. The van der Waals surface area contributed by atoms with Gasteiger partial charge in [0.05, 0.1) is 5.41 Å². The third kappa shape index (κ3) is 2.47. The van der Waals surface area contributed by atoms with Gasteiger partial charge in [0.2, 0.25) is 5.91 Å². The number of carbonyl (C=O) groups excluding carboxylic acids is 1. The maximum atomic E-state index is 12.9. The highest BCUT2D eigenvalue weighted by Crippen LogP contribution is 2.65. The Morgan fingerprint density at radius 3 is 1.90 bits per heavy atom. The second-order valence-corrected chi connectivity index (χ2v) is 8.72. The third-order valence-electron chi connectivity index (χ3n) is 5.69. The molecule has 0 aromatic heterocycles. The van der Waals surface area contributed by atoms with Crippen LogP contribution in [0.25, 0.3) is 0 Å². The zero-order chi connectivity index (χ0) is 14.5. The normalized spacial score (nSPS) is 39.4. The molecule has 1 atom stereocenters. The molecule has 20 heavy (non-hydrogen) atoms. The first-order valence-corrected chi connectivity index (χ1v) is 8.85. The van der Waals surface area contributed by atoms with Crippen molar-refractivity contribution >= 4 is 29.1 Å². The van der Waals surface area contributed by atoms with Gasteiger partial charge in [0.25, 0.3) is 0 Å². The SMILES string of the molecule is CCC1CCC(N(C(=O)C2(C)CC2(Cl)Cl)C2CC2)CC1. The molecule has 114 valence electrons. The summed E-state index contributed by atoms with van der Waals surface area (Å²) in [5.74, 6) is 1.07. The topological polar surface area (TPSA) is 20.3 Å². The predicted molar refractivity (Wildman–Crippen MR) is 83.1 cm³/mol. The Morgan fingerprint density at radius 2 is 1.55 bits per heavy atom. The van der Waals surface area contributed by atoms with E-state index in [9.17, 15) is 4.79 Å². The lowest BCUT2D eigenvalue weighted by Gasteiger charge is -2.38. The Hall–Kier alpha value is 0.0500. The third-order valence-corrected chi connectivity index (χ3v) is 6.79. The molecule has 0 radical (unpaired) electrons. The summed E-state index contributed by atoms with van der Waals surface area (Å²) in [5, 5.41) is 0. The number of alkyl halides is 2. The Bertz CT molecular complexity index is 399. The molecular weight excluding hydrogens is 293 g/mol. The summed E-state index contributed by atoms with van der Waals surface area (Å²) in [6.45, 7) is 4.21. The first kappa shape index (κ1) is 15.0. The van der Waals surface area contributed by atoms with Gasteiger partial charge < -0.3 is 4.90 Å². The Kier molecular flexibility index (Phi) is 3.78. The van der Waals surface area contributed by atoms with Crippen LogP contribution in [0.1, 0.15) is 65.2 Å². The Labute approximate surface area is 132 Å². The van der Waals surface area contributed by atoms with Crippen molar-refractivity contribution in [2.75, 3.05) is 0 Å². The predicted octanol–water partition coefficient (Wildman–Crippen LogP) is 4.53. The molecule has 1 amide bonds. The maximum Gasteiger partial charge on any atom is 0.232 e. The van der Waals surface area contributed by atoms with Crippen LogP contribution in [-0.2, 0) is 4.79 Å². The van der Waals surface area contributed by atoms with Gasteiger partial charge in [-0.1, -0.05) is 13.3 Å². The molecule has 3 saturated carbocycles. The molecule has 3 aliphatic rings. The number of rotatable bonds is 4. The van der Waals surface area contributed by atoms with Crippen LogP contribution in [0.5, 0.6) is 0 Å². The van der Waals surface area contributed by atoms with Crippen LogP contribution >= 0.6 is 23.2 Å². The van der Waals surface area contributed by atoms with E-state index in [-0.39, 0.29) is 5.91 Å². The summed E-state index contributed by atoms with van der Waals surface area (Å²) in [6.07, 6.45) is 9.05. The van der Waals surface area contributed by atoms with E-state index in [0.717, 1.165) is 31.6 Å². The molecule has 3 rings (SSSR count). The number of hydrogen-bond donors (Lipinski definition) is 0. The summed E-state index contributed by atoms with van der Waals surface area (Å²) in [4.78, 5) is 15.1. The van der Waals surface area contributed by atoms with E-state index in [2.05, 4.69) is 11.8 Å².